The Hall–Kier alpha value is -1.90. The van der Waals surface area contributed by atoms with Gasteiger partial charge in [0.25, 0.3) is 0 Å². The lowest BCUT2D eigenvalue weighted by atomic mass is 9.90. The first-order valence-corrected chi connectivity index (χ1v) is 6.53. The van der Waals surface area contributed by atoms with Gasteiger partial charge in [0.05, 0.1) is 18.4 Å². The first kappa shape index (κ1) is 11.2. The van der Waals surface area contributed by atoms with Crippen LogP contribution in [0.25, 0.3) is 0 Å². The van der Waals surface area contributed by atoms with Gasteiger partial charge in [0.1, 0.15) is 0 Å². The SMILES string of the molecule is c1cc2c(c(NCc3cnccn3)c1)CCCC2. The molecule has 1 N–H and O–H groups in total. The number of aryl methyl sites for hydroxylation is 1. The van der Waals surface area contributed by atoms with Crippen LogP contribution in [-0.4, -0.2) is 9.97 Å². The van der Waals surface area contributed by atoms with Crippen molar-refractivity contribution in [2.45, 2.75) is 32.2 Å². The van der Waals surface area contributed by atoms with Gasteiger partial charge in [-0.25, -0.2) is 0 Å². The fourth-order valence-electron chi connectivity index (χ4n) is 2.55. The summed E-state index contributed by atoms with van der Waals surface area (Å²) in [4.78, 5) is 8.36. The summed E-state index contributed by atoms with van der Waals surface area (Å²) in [6.45, 7) is 0.740. The van der Waals surface area contributed by atoms with Gasteiger partial charge in [0.2, 0.25) is 0 Å². The Bertz CT molecular complexity index is 523. The Morgan fingerprint density at radius 3 is 2.94 bits per heavy atom. The molecule has 3 rings (SSSR count). The van der Waals surface area contributed by atoms with E-state index in [1.807, 2.05) is 6.20 Å². The monoisotopic (exact) mass is 239 g/mol. The third-order valence-corrected chi connectivity index (χ3v) is 3.47. The van der Waals surface area contributed by atoms with Crippen LogP contribution in [-0.2, 0) is 19.4 Å². The highest BCUT2D eigenvalue weighted by Crippen LogP contribution is 2.27. The summed E-state index contributed by atoms with van der Waals surface area (Å²) in [6, 6.07) is 6.56. The maximum absolute atomic E-state index is 4.28. The van der Waals surface area contributed by atoms with Crippen molar-refractivity contribution < 1.29 is 0 Å². The summed E-state index contributed by atoms with van der Waals surface area (Å²) >= 11 is 0. The number of fused-ring (bicyclic) bond motifs is 1. The largest absolute Gasteiger partial charge is 0.379 e. The van der Waals surface area contributed by atoms with E-state index < -0.39 is 0 Å². The summed E-state index contributed by atoms with van der Waals surface area (Å²) in [7, 11) is 0. The molecular formula is C15H17N3. The molecule has 0 spiro atoms. The first-order valence-electron chi connectivity index (χ1n) is 6.53. The fourth-order valence-corrected chi connectivity index (χ4v) is 2.55. The van der Waals surface area contributed by atoms with Crippen molar-refractivity contribution in [2.75, 3.05) is 5.32 Å². The van der Waals surface area contributed by atoms with E-state index in [9.17, 15) is 0 Å². The van der Waals surface area contributed by atoms with Crippen LogP contribution in [0.2, 0.25) is 0 Å². The van der Waals surface area contributed by atoms with Crippen molar-refractivity contribution in [1.29, 1.82) is 0 Å². The van der Waals surface area contributed by atoms with Crippen LogP contribution in [0.3, 0.4) is 0 Å². The number of anilines is 1. The molecular weight excluding hydrogens is 222 g/mol. The Morgan fingerprint density at radius 2 is 2.06 bits per heavy atom. The fraction of sp³-hybridized carbons (Fsp3) is 0.333. The molecule has 2 aromatic rings. The minimum atomic E-state index is 0.740. The zero-order valence-corrected chi connectivity index (χ0v) is 10.4. The zero-order chi connectivity index (χ0) is 12.2. The summed E-state index contributed by atoms with van der Waals surface area (Å²) in [5, 5.41) is 3.49. The molecule has 92 valence electrons. The minimum Gasteiger partial charge on any atom is -0.379 e. The second kappa shape index (κ2) is 5.17. The topological polar surface area (TPSA) is 37.8 Å². The Labute approximate surface area is 107 Å². The molecule has 1 aromatic carbocycles. The maximum atomic E-state index is 4.28. The Morgan fingerprint density at radius 1 is 1.11 bits per heavy atom. The van der Waals surface area contributed by atoms with Gasteiger partial charge < -0.3 is 5.32 Å². The van der Waals surface area contributed by atoms with Crippen molar-refractivity contribution in [3.05, 3.63) is 53.6 Å². The molecule has 0 saturated heterocycles. The van der Waals surface area contributed by atoms with Crippen molar-refractivity contribution in [1.82, 2.24) is 9.97 Å². The Kier molecular flexibility index (Phi) is 3.22. The lowest BCUT2D eigenvalue weighted by Gasteiger charge is -2.20. The predicted octanol–water partition coefficient (Wildman–Crippen LogP) is 2.97. The van der Waals surface area contributed by atoms with E-state index in [1.54, 1.807) is 12.4 Å². The third kappa shape index (κ3) is 2.35. The zero-order valence-electron chi connectivity index (χ0n) is 10.4. The molecule has 3 heteroatoms. The minimum absolute atomic E-state index is 0.740. The van der Waals surface area contributed by atoms with Crippen molar-refractivity contribution in [3.8, 4) is 0 Å². The van der Waals surface area contributed by atoms with Gasteiger partial charge in [-0.05, 0) is 42.9 Å². The van der Waals surface area contributed by atoms with Crippen LogP contribution >= 0.6 is 0 Å². The van der Waals surface area contributed by atoms with Crippen LogP contribution in [0.1, 0.15) is 29.7 Å². The Balaban J connectivity index is 1.77. The molecule has 0 fully saturated rings. The van der Waals surface area contributed by atoms with Gasteiger partial charge in [-0.2, -0.15) is 0 Å². The van der Waals surface area contributed by atoms with Gasteiger partial charge in [-0.3, -0.25) is 9.97 Å². The summed E-state index contributed by atoms with van der Waals surface area (Å²) in [5.74, 6) is 0. The average Bonchev–Trinajstić information content (AvgIpc) is 2.46. The molecule has 18 heavy (non-hydrogen) atoms. The number of hydrogen-bond acceptors (Lipinski definition) is 3. The number of aromatic nitrogens is 2. The van der Waals surface area contributed by atoms with Crippen molar-refractivity contribution >= 4 is 5.69 Å². The molecule has 1 aliphatic rings. The number of rotatable bonds is 3. The van der Waals surface area contributed by atoms with Gasteiger partial charge in [-0.1, -0.05) is 12.1 Å². The van der Waals surface area contributed by atoms with Crippen LogP contribution in [0, 0.1) is 0 Å². The highest BCUT2D eigenvalue weighted by atomic mass is 14.9. The van der Waals surface area contributed by atoms with Gasteiger partial charge in [-0.15, -0.1) is 0 Å². The predicted molar refractivity (Wildman–Crippen MR) is 72.4 cm³/mol. The third-order valence-electron chi connectivity index (χ3n) is 3.47. The molecule has 0 saturated carbocycles. The molecule has 0 aliphatic heterocycles. The lowest BCUT2D eigenvalue weighted by Crippen LogP contribution is -2.09. The lowest BCUT2D eigenvalue weighted by molar-refractivity contribution is 0.686. The smallest absolute Gasteiger partial charge is 0.0777 e. The van der Waals surface area contributed by atoms with Crippen LogP contribution in [0.15, 0.2) is 36.8 Å². The number of benzene rings is 1. The summed E-state index contributed by atoms with van der Waals surface area (Å²) in [5.41, 5.74) is 5.24. The van der Waals surface area contributed by atoms with Crippen LogP contribution in [0.5, 0.6) is 0 Å². The van der Waals surface area contributed by atoms with Crippen LogP contribution < -0.4 is 5.32 Å². The average molecular weight is 239 g/mol. The molecule has 0 amide bonds. The van der Waals surface area contributed by atoms with E-state index in [0.29, 0.717) is 0 Å². The standard InChI is InChI=1S/C15H17N3/c1-2-6-14-12(4-1)5-3-7-15(14)18-11-13-10-16-8-9-17-13/h3,5,7-10,18H,1-2,4,6,11H2. The van der Waals surface area contributed by atoms with E-state index in [0.717, 1.165) is 12.2 Å². The maximum Gasteiger partial charge on any atom is 0.0777 e. The van der Waals surface area contributed by atoms with Crippen LogP contribution in [0.4, 0.5) is 5.69 Å². The molecule has 0 unspecified atom stereocenters. The second-order valence-electron chi connectivity index (χ2n) is 4.70. The van der Waals surface area contributed by atoms with Crippen molar-refractivity contribution in [2.24, 2.45) is 0 Å². The second-order valence-corrected chi connectivity index (χ2v) is 4.70. The molecule has 0 atom stereocenters. The number of hydrogen-bond donors (Lipinski definition) is 1. The molecule has 3 nitrogen and oxygen atoms in total. The molecule has 0 bridgehead atoms. The van der Waals surface area contributed by atoms with E-state index in [2.05, 4.69) is 33.5 Å². The van der Waals surface area contributed by atoms with E-state index in [1.165, 1.54) is 42.5 Å². The molecule has 1 aliphatic carbocycles. The van der Waals surface area contributed by atoms with Gasteiger partial charge in [0.15, 0.2) is 0 Å². The molecule has 1 heterocycles. The molecule has 1 aromatic heterocycles. The normalized spacial score (nSPS) is 14.0. The van der Waals surface area contributed by atoms with E-state index in [-0.39, 0.29) is 0 Å². The van der Waals surface area contributed by atoms with Gasteiger partial charge >= 0.3 is 0 Å². The van der Waals surface area contributed by atoms with E-state index in [4.69, 9.17) is 0 Å². The summed E-state index contributed by atoms with van der Waals surface area (Å²) < 4.78 is 0. The quantitative estimate of drug-likeness (QED) is 0.894. The van der Waals surface area contributed by atoms with Gasteiger partial charge in [0, 0.05) is 18.1 Å². The summed E-state index contributed by atoms with van der Waals surface area (Å²) in [6.07, 6.45) is 10.3. The highest BCUT2D eigenvalue weighted by Gasteiger charge is 2.12. The molecule has 0 radical (unpaired) electrons. The number of nitrogens with one attached hydrogen (secondary N) is 1. The highest BCUT2D eigenvalue weighted by molar-refractivity contribution is 5.55. The first-order chi connectivity index (χ1) is 8.93. The van der Waals surface area contributed by atoms with E-state index >= 15 is 0 Å². The van der Waals surface area contributed by atoms with Crippen molar-refractivity contribution in [3.63, 3.8) is 0 Å². The number of nitrogens with zero attached hydrogens (tertiary/aromatic N) is 2.